The fourth-order valence-corrected chi connectivity index (χ4v) is 3.69. The van der Waals surface area contributed by atoms with Gasteiger partial charge in [0.25, 0.3) is 0 Å². The summed E-state index contributed by atoms with van der Waals surface area (Å²) in [5.41, 5.74) is 3.26. The summed E-state index contributed by atoms with van der Waals surface area (Å²) < 4.78 is 13.3. The third-order valence-electron chi connectivity index (χ3n) is 5.01. The molecule has 1 aliphatic heterocycles. The summed E-state index contributed by atoms with van der Waals surface area (Å²) in [6.45, 7) is 10.2. The summed E-state index contributed by atoms with van der Waals surface area (Å²) in [4.78, 5) is 14.0. The zero-order valence-electron chi connectivity index (χ0n) is 16.5. The van der Waals surface area contributed by atoms with E-state index in [-0.39, 0.29) is 11.9 Å². The molecule has 1 saturated heterocycles. The van der Waals surface area contributed by atoms with Gasteiger partial charge in [-0.25, -0.2) is 14.4 Å². The van der Waals surface area contributed by atoms with Crippen molar-refractivity contribution in [1.82, 2.24) is 14.9 Å². The number of piperazine rings is 1. The van der Waals surface area contributed by atoms with Crippen molar-refractivity contribution >= 4 is 5.82 Å². The van der Waals surface area contributed by atoms with E-state index in [1.54, 1.807) is 0 Å². The molecule has 0 saturated carbocycles. The van der Waals surface area contributed by atoms with Crippen LogP contribution in [0, 0.1) is 12.7 Å². The van der Waals surface area contributed by atoms with Gasteiger partial charge in [0.05, 0.1) is 6.10 Å². The van der Waals surface area contributed by atoms with Gasteiger partial charge < -0.3 is 10.0 Å². The first-order valence-corrected chi connectivity index (χ1v) is 9.72. The summed E-state index contributed by atoms with van der Waals surface area (Å²) in [5.74, 6) is 1.57. The quantitative estimate of drug-likeness (QED) is 0.845. The van der Waals surface area contributed by atoms with Crippen LogP contribution in [-0.2, 0) is 12.8 Å². The molecule has 1 atom stereocenters. The fraction of sp³-hybridized carbons (Fsp3) is 0.524. The highest BCUT2D eigenvalue weighted by atomic mass is 19.1. The van der Waals surface area contributed by atoms with Crippen molar-refractivity contribution in [2.24, 2.45) is 0 Å². The van der Waals surface area contributed by atoms with Crippen LogP contribution >= 0.6 is 0 Å². The predicted molar refractivity (Wildman–Crippen MR) is 106 cm³/mol. The zero-order chi connectivity index (χ0) is 19.4. The fourth-order valence-electron chi connectivity index (χ4n) is 3.69. The molecule has 1 aromatic carbocycles. The van der Waals surface area contributed by atoms with Crippen LogP contribution in [0.1, 0.15) is 36.5 Å². The van der Waals surface area contributed by atoms with Gasteiger partial charge in [-0.1, -0.05) is 19.1 Å². The molecular formula is C21H29FN4O. The van der Waals surface area contributed by atoms with Gasteiger partial charge in [0, 0.05) is 50.4 Å². The Morgan fingerprint density at radius 3 is 2.37 bits per heavy atom. The Labute approximate surface area is 160 Å². The van der Waals surface area contributed by atoms with Crippen molar-refractivity contribution in [3.8, 4) is 0 Å². The maximum Gasteiger partial charge on any atom is 0.136 e. The zero-order valence-corrected chi connectivity index (χ0v) is 16.5. The van der Waals surface area contributed by atoms with E-state index in [9.17, 15) is 9.50 Å². The lowest BCUT2D eigenvalue weighted by Crippen LogP contribution is -2.49. The van der Waals surface area contributed by atoms with Gasteiger partial charge >= 0.3 is 0 Å². The second-order valence-electron chi connectivity index (χ2n) is 7.31. The Morgan fingerprint density at radius 2 is 1.78 bits per heavy atom. The first-order valence-electron chi connectivity index (χ1n) is 9.72. The minimum Gasteiger partial charge on any atom is -0.392 e. The molecule has 27 heavy (non-hydrogen) atoms. The Bertz CT molecular complexity index is 756. The van der Waals surface area contributed by atoms with Crippen molar-refractivity contribution in [2.75, 3.05) is 37.6 Å². The predicted octanol–water partition coefficient (Wildman–Crippen LogP) is 2.58. The molecule has 0 radical (unpaired) electrons. The minimum atomic E-state index is -0.307. The number of hydrogen-bond donors (Lipinski definition) is 1. The Hall–Kier alpha value is -2.05. The smallest absolute Gasteiger partial charge is 0.136 e. The number of nitrogens with zero attached hydrogens (tertiary/aromatic N) is 4. The lowest BCUT2D eigenvalue weighted by molar-refractivity contribution is 0.122. The number of aliphatic hydroxyl groups excluding tert-OH is 1. The SMILES string of the molecule is CCc1nc(C)nc(N2CCN(C[C@@H](C)O)CC2)c1Cc1ccc(F)cc1. The van der Waals surface area contributed by atoms with Gasteiger partial charge in [0.15, 0.2) is 0 Å². The van der Waals surface area contributed by atoms with Crippen molar-refractivity contribution in [3.05, 3.63) is 52.7 Å². The second-order valence-corrected chi connectivity index (χ2v) is 7.31. The van der Waals surface area contributed by atoms with Crippen LogP contribution in [0.4, 0.5) is 10.2 Å². The molecule has 146 valence electrons. The van der Waals surface area contributed by atoms with Crippen molar-refractivity contribution in [2.45, 2.75) is 39.7 Å². The average molecular weight is 372 g/mol. The number of anilines is 1. The Kier molecular flexibility index (Phi) is 6.39. The van der Waals surface area contributed by atoms with Crippen molar-refractivity contribution in [1.29, 1.82) is 0 Å². The number of aromatic nitrogens is 2. The van der Waals surface area contributed by atoms with Gasteiger partial charge in [0.1, 0.15) is 17.5 Å². The van der Waals surface area contributed by atoms with Gasteiger partial charge in [-0.2, -0.15) is 0 Å². The first kappa shape index (κ1) is 19.7. The molecule has 5 nitrogen and oxygen atoms in total. The summed E-state index contributed by atoms with van der Waals surface area (Å²) in [6, 6.07) is 6.67. The number of halogens is 1. The molecule has 0 amide bonds. The Balaban J connectivity index is 1.85. The van der Waals surface area contributed by atoms with Crippen LogP contribution in [0.3, 0.4) is 0 Å². The number of benzene rings is 1. The number of aryl methyl sites for hydroxylation is 2. The molecule has 0 bridgehead atoms. The number of β-amino-alcohol motifs (C(OH)–C–C–N with tert-alkyl or cyclic N) is 1. The maximum atomic E-state index is 13.3. The lowest BCUT2D eigenvalue weighted by Gasteiger charge is -2.37. The molecule has 1 N–H and O–H groups in total. The summed E-state index contributed by atoms with van der Waals surface area (Å²) >= 11 is 0. The van der Waals surface area contributed by atoms with E-state index in [0.717, 1.165) is 61.1 Å². The molecule has 0 aliphatic carbocycles. The molecule has 1 aromatic heterocycles. The van der Waals surface area contributed by atoms with Crippen molar-refractivity contribution < 1.29 is 9.50 Å². The number of aliphatic hydroxyl groups is 1. The normalized spacial score (nSPS) is 16.6. The summed E-state index contributed by atoms with van der Waals surface area (Å²) in [7, 11) is 0. The van der Waals surface area contributed by atoms with Crippen LogP contribution in [0.2, 0.25) is 0 Å². The number of rotatable bonds is 6. The molecule has 1 aliphatic rings. The summed E-state index contributed by atoms with van der Waals surface area (Å²) in [6.07, 6.45) is 1.24. The molecular weight excluding hydrogens is 343 g/mol. The van der Waals surface area contributed by atoms with Crippen LogP contribution < -0.4 is 4.90 Å². The Morgan fingerprint density at radius 1 is 1.11 bits per heavy atom. The third-order valence-corrected chi connectivity index (χ3v) is 5.01. The van der Waals surface area contributed by atoms with E-state index in [2.05, 4.69) is 21.7 Å². The molecule has 2 aromatic rings. The van der Waals surface area contributed by atoms with E-state index in [1.165, 1.54) is 12.1 Å². The van der Waals surface area contributed by atoms with E-state index < -0.39 is 0 Å². The van der Waals surface area contributed by atoms with E-state index >= 15 is 0 Å². The molecule has 0 unspecified atom stereocenters. The monoisotopic (exact) mass is 372 g/mol. The van der Waals surface area contributed by atoms with Crippen molar-refractivity contribution in [3.63, 3.8) is 0 Å². The molecule has 1 fully saturated rings. The van der Waals surface area contributed by atoms with Crippen LogP contribution in [0.15, 0.2) is 24.3 Å². The number of hydrogen-bond acceptors (Lipinski definition) is 5. The third kappa shape index (κ3) is 5.02. The van der Waals surface area contributed by atoms with Crippen LogP contribution in [0.5, 0.6) is 0 Å². The highest BCUT2D eigenvalue weighted by Gasteiger charge is 2.23. The van der Waals surface area contributed by atoms with E-state index in [4.69, 9.17) is 4.98 Å². The largest absolute Gasteiger partial charge is 0.392 e. The summed E-state index contributed by atoms with van der Waals surface area (Å²) in [5, 5.41) is 9.62. The second kappa shape index (κ2) is 8.76. The molecule has 6 heteroatoms. The maximum absolute atomic E-state index is 13.3. The lowest BCUT2D eigenvalue weighted by atomic mass is 10.0. The first-order chi connectivity index (χ1) is 13.0. The van der Waals surface area contributed by atoms with Crippen LogP contribution in [0.25, 0.3) is 0 Å². The highest BCUT2D eigenvalue weighted by Crippen LogP contribution is 2.26. The molecule has 2 heterocycles. The topological polar surface area (TPSA) is 52.5 Å². The van der Waals surface area contributed by atoms with Crippen LogP contribution in [-0.4, -0.2) is 58.8 Å². The van der Waals surface area contributed by atoms with E-state index in [1.807, 2.05) is 26.0 Å². The average Bonchev–Trinajstić information content (AvgIpc) is 2.64. The van der Waals surface area contributed by atoms with Gasteiger partial charge in [-0.15, -0.1) is 0 Å². The molecule has 3 rings (SSSR count). The highest BCUT2D eigenvalue weighted by molar-refractivity contribution is 5.52. The minimum absolute atomic E-state index is 0.218. The standard InChI is InChI=1S/C21H29FN4O/c1-4-20-19(13-17-5-7-18(22)8-6-17)21(24-16(3)23-20)26-11-9-25(10-12-26)14-15(2)27/h5-8,15,27H,4,9-14H2,1-3H3/t15-/m1/s1. The molecule has 0 spiro atoms. The van der Waals surface area contributed by atoms with Gasteiger partial charge in [-0.05, 0) is 38.0 Å². The van der Waals surface area contributed by atoms with Gasteiger partial charge in [-0.3, -0.25) is 4.90 Å². The van der Waals surface area contributed by atoms with Gasteiger partial charge in [0.2, 0.25) is 0 Å². The van der Waals surface area contributed by atoms with E-state index in [0.29, 0.717) is 13.0 Å².